The van der Waals surface area contributed by atoms with E-state index in [1.807, 2.05) is 30.7 Å². The number of fused-ring (bicyclic) bond motifs is 1. The zero-order chi connectivity index (χ0) is 18.8. The highest BCUT2D eigenvalue weighted by Gasteiger charge is 2.18. The Hall–Kier alpha value is -2.28. The Kier molecular flexibility index (Phi) is 5.36. The Labute approximate surface area is 157 Å². The third-order valence-corrected chi connectivity index (χ3v) is 5.38. The first-order valence-corrected chi connectivity index (χ1v) is 9.71. The molecule has 0 saturated carbocycles. The normalized spacial score (nSPS) is 13.5. The van der Waals surface area contributed by atoms with Crippen molar-refractivity contribution in [3.05, 3.63) is 35.2 Å². The maximum absolute atomic E-state index is 12.5. The summed E-state index contributed by atoms with van der Waals surface area (Å²) in [5.74, 6) is 0.820. The average Bonchev–Trinajstić information content (AvgIpc) is 2.81. The molecule has 0 radical (unpaired) electrons. The van der Waals surface area contributed by atoms with Crippen LogP contribution in [0.4, 0.5) is 11.4 Å². The van der Waals surface area contributed by atoms with Gasteiger partial charge < -0.3 is 10.6 Å². The predicted octanol–water partition coefficient (Wildman–Crippen LogP) is 3.38. The van der Waals surface area contributed by atoms with Crippen molar-refractivity contribution in [1.82, 2.24) is 9.78 Å². The highest BCUT2D eigenvalue weighted by Crippen LogP contribution is 2.33. The van der Waals surface area contributed by atoms with Gasteiger partial charge in [0.05, 0.1) is 23.6 Å². The third kappa shape index (κ3) is 4.09. The van der Waals surface area contributed by atoms with Crippen LogP contribution in [0.2, 0.25) is 0 Å². The molecule has 0 unspecified atom stereocenters. The fraction of sp³-hybridized carbons (Fsp3) is 0.421. The van der Waals surface area contributed by atoms with Gasteiger partial charge in [0.15, 0.2) is 0 Å². The van der Waals surface area contributed by atoms with Crippen LogP contribution < -0.4 is 10.6 Å². The molecule has 0 fully saturated rings. The summed E-state index contributed by atoms with van der Waals surface area (Å²) in [4.78, 5) is 25.1. The molecule has 0 saturated heterocycles. The number of benzene rings is 1. The molecule has 1 aliphatic heterocycles. The van der Waals surface area contributed by atoms with E-state index in [2.05, 4.69) is 29.6 Å². The largest absolute Gasteiger partial charge is 0.326 e. The molecule has 0 atom stereocenters. The van der Waals surface area contributed by atoms with Gasteiger partial charge in [0.1, 0.15) is 0 Å². The second-order valence-corrected chi connectivity index (χ2v) is 8.02. The zero-order valence-corrected chi connectivity index (χ0v) is 16.4. The minimum Gasteiger partial charge on any atom is -0.326 e. The van der Waals surface area contributed by atoms with Crippen LogP contribution in [0.1, 0.15) is 30.8 Å². The van der Waals surface area contributed by atoms with Crippen molar-refractivity contribution in [2.75, 3.05) is 16.4 Å². The summed E-state index contributed by atoms with van der Waals surface area (Å²) in [6.07, 6.45) is 0.286. The van der Waals surface area contributed by atoms with E-state index in [-0.39, 0.29) is 18.2 Å². The molecule has 0 aliphatic carbocycles. The minimum absolute atomic E-state index is 0.0187. The number of rotatable bonds is 5. The molecular weight excluding hydrogens is 348 g/mol. The smallest absolute Gasteiger partial charge is 0.234 e. The first-order chi connectivity index (χ1) is 12.3. The van der Waals surface area contributed by atoms with E-state index in [0.29, 0.717) is 17.4 Å². The van der Waals surface area contributed by atoms with E-state index in [1.165, 1.54) is 11.8 Å². The van der Waals surface area contributed by atoms with E-state index in [4.69, 9.17) is 0 Å². The Bertz CT molecular complexity index is 857. The molecule has 7 heteroatoms. The molecule has 1 aromatic carbocycles. The molecule has 0 spiro atoms. The summed E-state index contributed by atoms with van der Waals surface area (Å²) in [6.45, 7) is 9.09. The summed E-state index contributed by atoms with van der Waals surface area (Å²) in [5, 5.41) is 10.3. The number of carbonyl (C=O) groups is 2. The molecule has 2 aromatic rings. The quantitative estimate of drug-likeness (QED) is 0.844. The Morgan fingerprint density at radius 1 is 1.38 bits per heavy atom. The second kappa shape index (κ2) is 7.53. The van der Waals surface area contributed by atoms with E-state index in [1.54, 1.807) is 6.07 Å². The van der Waals surface area contributed by atoms with Crippen LogP contribution in [-0.2, 0) is 22.6 Å². The van der Waals surface area contributed by atoms with Gasteiger partial charge in [0.2, 0.25) is 11.8 Å². The van der Waals surface area contributed by atoms with Crippen LogP contribution in [0.15, 0.2) is 23.1 Å². The molecule has 0 bridgehead atoms. The second-order valence-electron chi connectivity index (χ2n) is 7.00. The average molecular weight is 372 g/mol. The van der Waals surface area contributed by atoms with Crippen molar-refractivity contribution in [3.63, 3.8) is 0 Å². The van der Waals surface area contributed by atoms with Gasteiger partial charge in [-0.3, -0.25) is 14.3 Å². The van der Waals surface area contributed by atoms with Gasteiger partial charge in [-0.15, -0.1) is 11.8 Å². The van der Waals surface area contributed by atoms with Crippen molar-refractivity contribution in [2.45, 2.75) is 45.6 Å². The van der Waals surface area contributed by atoms with Gasteiger partial charge in [-0.2, -0.15) is 5.10 Å². The van der Waals surface area contributed by atoms with Gasteiger partial charge in [-0.25, -0.2) is 0 Å². The van der Waals surface area contributed by atoms with Crippen LogP contribution in [0.25, 0.3) is 0 Å². The first kappa shape index (κ1) is 18.5. The fourth-order valence-electron chi connectivity index (χ4n) is 3.04. The lowest BCUT2D eigenvalue weighted by Crippen LogP contribution is -2.19. The zero-order valence-electron chi connectivity index (χ0n) is 15.5. The van der Waals surface area contributed by atoms with Crippen LogP contribution in [0, 0.1) is 19.8 Å². The number of hydrogen-bond donors (Lipinski definition) is 2. The van der Waals surface area contributed by atoms with Crippen molar-refractivity contribution in [1.29, 1.82) is 0 Å². The van der Waals surface area contributed by atoms with Crippen molar-refractivity contribution in [3.8, 4) is 0 Å². The monoisotopic (exact) mass is 372 g/mol. The van der Waals surface area contributed by atoms with Crippen LogP contribution in [0.3, 0.4) is 0 Å². The standard InChI is InChI=1S/C19H24N4O2S/c1-11(2)9-23-13(4)15(12(3)22-23)8-18(24)20-14-5-6-17-16(7-14)21-19(25)10-26-17/h5-7,11H,8-10H2,1-4H3,(H,20,24)(H,21,25). The van der Waals surface area contributed by atoms with Gasteiger partial charge >= 0.3 is 0 Å². The lowest BCUT2D eigenvalue weighted by atomic mass is 10.1. The third-order valence-electron chi connectivity index (χ3n) is 4.30. The topological polar surface area (TPSA) is 76.0 Å². The summed E-state index contributed by atoms with van der Waals surface area (Å²) in [5.41, 5.74) is 4.35. The summed E-state index contributed by atoms with van der Waals surface area (Å²) >= 11 is 1.50. The lowest BCUT2D eigenvalue weighted by Gasteiger charge is -2.17. The van der Waals surface area contributed by atoms with Gasteiger partial charge in [-0.05, 0) is 38.0 Å². The van der Waals surface area contributed by atoms with E-state index in [9.17, 15) is 9.59 Å². The lowest BCUT2D eigenvalue weighted by molar-refractivity contribution is -0.115. The Morgan fingerprint density at radius 3 is 2.88 bits per heavy atom. The number of aromatic nitrogens is 2. The highest BCUT2D eigenvalue weighted by atomic mass is 32.2. The molecule has 1 aliphatic rings. The predicted molar refractivity (Wildman–Crippen MR) is 105 cm³/mol. The maximum Gasteiger partial charge on any atom is 0.234 e. The Morgan fingerprint density at radius 2 is 2.15 bits per heavy atom. The number of thioether (sulfide) groups is 1. The SMILES string of the molecule is Cc1nn(CC(C)C)c(C)c1CC(=O)Nc1ccc2c(c1)NC(=O)CS2. The number of hydrogen-bond acceptors (Lipinski definition) is 4. The summed E-state index contributed by atoms with van der Waals surface area (Å²) in [6, 6.07) is 5.59. The number of carbonyl (C=O) groups excluding carboxylic acids is 2. The summed E-state index contributed by atoms with van der Waals surface area (Å²) < 4.78 is 1.98. The van der Waals surface area contributed by atoms with Crippen LogP contribution in [-0.4, -0.2) is 27.3 Å². The molecule has 138 valence electrons. The summed E-state index contributed by atoms with van der Waals surface area (Å²) in [7, 11) is 0. The molecule has 6 nitrogen and oxygen atoms in total. The number of amides is 2. The van der Waals surface area contributed by atoms with Crippen LogP contribution in [0.5, 0.6) is 0 Å². The maximum atomic E-state index is 12.5. The molecule has 2 heterocycles. The molecule has 26 heavy (non-hydrogen) atoms. The molecule has 1 aromatic heterocycles. The van der Waals surface area contributed by atoms with Gasteiger partial charge in [0.25, 0.3) is 0 Å². The van der Waals surface area contributed by atoms with E-state index < -0.39 is 0 Å². The fourth-order valence-corrected chi connectivity index (χ4v) is 3.83. The number of nitrogens with zero attached hydrogens (tertiary/aromatic N) is 2. The molecule has 2 N–H and O–H groups in total. The van der Waals surface area contributed by atoms with Gasteiger partial charge in [-0.1, -0.05) is 13.8 Å². The Balaban J connectivity index is 1.71. The minimum atomic E-state index is -0.0879. The van der Waals surface area contributed by atoms with Crippen molar-refractivity contribution in [2.24, 2.45) is 5.92 Å². The van der Waals surface area contributed by atoms with Crippen molar-refractivity contribution >= 4 is 35.0 Å². The van der Waals surface area contributed by atoms with E-state index in [0.717, 1.165) is 34.1 Å². The van der Waals surface area contributed by atoms with Crippen molar-refractivity contribution < 1.29 is 9.59 Å². The van der Waals surface area contributed by atoms with Crippen LogP contribution >= 0.6 is 11.8 Å². The number of aryl methyl sites for hydroxylation is 1. The molecule has 3 rings (SSSR count). The number of nitrogens with one attached hydrogen (secondary N) is 2. The highest BCUT2D eigenvalue weighted by molar-refractivity contribution is 8.00. The number of anilines is 2. The van der Waals surface area contributed by atoms with E-state index >= 15 is 0 Å². The van der Waals surface area contributed by atoms with Gasteiger partial charge in [0, 0.05) is 28.4 Å². The molecule has 2 amide bonds. The first-order valence-electron chi connectivity index (χ1n) is 8.73. The molecular formula is C19H24N4O2S.